The number of carbonyl (C=O) groups is 1. The van der Waals surface area contributed by atoms with Crippen LogP contribution in [0.1, 0.15) is 50.3 Å². The highest BCUT2D eigenvalue weighted by molar-refractivity contribution is 7.80. The van der Waals surface area contributed by atoms with Crippen LogP contribution in [0, 0.1) is 23.2 Å². The van der Waals surface area contributed by atoms with Crippen molar-refractivity contribution in [2.75, 3.05) is 0 Å². The molecule has 0 saturated heterocycles. The van der Waals surface area contributed by atoms with Gasteiger partial charge < -0.3 is 5.32 Å². The molecule has 2 N–H and O–H groups in total. The first-order valence-electron chi connectivity index (χ1n) is 9.35. The summed E-state index contributed by atoms with van der Waals surface area (Å²) < 4.78 is 0. The van der Waals surface area contributed by atoms with Gasteiger partial charge in [-0.1, -0.05) is 6.07 Å². The van der Waals surface area contributed by atoms with Crippen molar-refractivity contribution in [2.24, 2.45) is 23.2 Å². The molecule has 5 rings (SSSR count). The van der Waals surface area contributed by atoms with E-state index in [9.17, 15) is 4.79 Å². The van der Waals surface area contributed by atoms with E-state index in [0.717, 1.165) is 22.6 Å². The predicted octanol–water partition coefficient (Wildman–Crippen LogP) is 4.36. The Kier molecular flexibility index (Phi) is 4.71. The Morgan fingerprint density at radius 1 is 1.28 bits per heavy atom. The highest BCUT2D eigenvalue weighted by Crippen LogP contribution is 2.61. The van der Waals surface area contributed by atoms with Gasteiger partial charge in [-0.3, -0.25) is 10.1 Å². The van der Waals surface area contributed by atoms with Crippen molar-refractivity contribution >= 4 is 40.7 Å². The monoisotopic (exact) mass is 374 g/mol. The van der Waals surface area contributed by atoms with E-state index in [-0.39, 0.29) is 5.91 Å². The third-order valence-corrected chi connectivity index (χ3v) is 7.59. The maximum absolute atomic E-state index is 12.1. The van der Waals surface area contributed by atoms with Crippen molar-refractivity contribution < 1.29 is 4.79 Å². The molecule has 1 unspecified atom stereocenters. The highest BCUT2D eigenvalue weighted by Gasteiger charge is 2.53. The van der Waals surface area contributed by atoms with Crippen LogP contribution in [-0.4, -0.2) is 17.1 Å². The van der Waals surface area contributed by atoms with Gasteiger partial charge in [-0.05, 0) is 98.4 Å². The molecule has 0 aromatic carbocycles. The summed E-state index contributed by atoms with van der Waals surface area (Å²) in [7, 11) is 0. The fourth-order valence-corrected chi connectivity index (χ4v) is 6.69. The van der Waals surface area contributed by atoms with E-state index in [2.05, 4.69) is 17.6 Å². The zero-order valence-electron chi connectivity index (χ0n) is 14.7. The molecule has 1 amide bonds. The molecule has 0 spiro atoms. The number of thiocarbonyl (C=S) groups is 1. The highest BCUT2D eigenvalue weighted by atomic mass is 32.1. The standard InChI is InChI=1S/C20H26N2OS2/c1-13(20-10-14-7-15(11-20)9-16(8-14)12-20)21-19(24)22-18(23)5-4-17-3-2-6-25-17/h2-6,13-16H,7-12H2,1H3,(H2,21,22,23,24). The molecule has 1 heterocycles. The lowest BCUT2D eigenvalue weighted by atomic mass is 9.48. The molecule has 134 valence electrons. The molecule has 4 aliphatic rings. The number of rotatable bonds is 4. The minimum absolute atomic E-state index is 0.163. The van der Waals surface area contributed by atoms with Gasteiger partial charge in [-0.2, -0.15) is 0 Å². The van der Waals surface area contributed by atoms with Gasteiger partial charge in [-0.15, -0.1) is 11.3 Å². The van der Waals surface area contributed by atoms with Gasteiger partial charge >= 0.3 is 0 Å². The Hall–Kier alpha value is -1.20. The second-order valence-electron chi connectivity index (χ2n) is 8.31. The number of hydrogen-bond donors (Lipinski definition) is 2. The van der Waals surface area contributed by atoms with Crippen LogP contribution in [0.25, 0.3) is 6.08 Å². The number of amides is 1. The van der Waals surface area contributed by atoms with Crippen LogP contribution >= 0.6 is 23.6 Å². The molecule has 4 bridgehead atoms. The Labute approximate surface area is 159 Å². The summed E-state index contributed by atoms with van der Waals surface area (Å²) in [6, 6.07) is 4.29. The van der Waals surface area contributed by atoms with Crippen LogP contribution in [0.5, 0.6) is 0 Å². The Balaban J connectivity index is 1.32. The number of carbonyl (C=O) groups excluding carboxylic acids is 1. The first-order chi connectivity index (χ1) is 12.0. The van der Waals surface area contributed by atoms with E-state index in [1.165, 1.54) is 38.5 Å². The largest absolute Gasteiger partial charge is 0.359 e. The number of thiophene rings is 1. The van der Waals surface area contributed by atoms with Crippen molar-refractivity contribution in [1.82, 2.24) is 10.6 Å². The normalized spacial score (nSPS) is 34.2. The van der Waals surface area contributed by atoms with Crippen LogP contribution in [0.2, 0.25) is 0 Å². The average Bonchev–Trinajstić information content (AvgIpc) is 3.05. The molecule has 4 saturated carbocycles. The second-order valence-corrected chi connectivity index (χ2v) is 9.70. The second kappa shape index (κ2) is 6.84. The number of nitrogens with one attached hydrogen (secondary N) is 2. The van der Waals surface area contributed by atoms with Gasteiger partial charge in [0.05, 0.1) is 0 Å². The SMILES string of the molecule is CC(NC(=S)NC(=O)C=Cc1cccs1)C12CC3CC(CC(C3)C1)C2. The molecule has 3 nitrogen and oxygen atoms in total. The van der Waals surface area contributed by atoms with Crippen molar-refractivity contribution in [3.05, 3.63) is 28.5 Å². The van der Waals surface area contributed by atoms with Crippen LogP contribution < -0.4 is 10.6 Å². The van der Waals surface area contributed by atoms with E-state index in [4.69, 9.17) is 12.2 Å². The first-order valence-corrected chi connectivity index (χ1v) is 10.6. The zero-order valence-corrected chi connectivity index (χ0v) is 16.3. The van der Waals surface area contributed by atoms with E-state index in [1.807, 2.05) is 23.6 Å². The molecule has 0 radical (unpaired) electrons. The van der Waals surface area contributed by atoms with E-state index < -0.39 is 0 Å². The summed E-state index contributed by atoms with van der Waals surface area (Å²) >= 11 is 7.01. The number of hydrogen-bond acceptors (Lipinski definition) is 3. The van der Waals surface area contributed by atoms with Gasteiger partial charge in [0.1, 0.15) is 0 Å². The minimum atomic E-state index is -0.163. The van der Waals surface area contributed by atoms with E-state index in [1.54, 1.807) is 17.4 Å². The molecule has 4 aliphatic carbocycles. The van der Waals surface area contributed by atoms with Crippen molar-refractivity contribution in [3.8, 4) is 0 Å². The fraction of sp³-hybridized carbons (Fsp3) is 0.600. The first kappa shape index (κ1) is 17.2. The summed E-state index contributed by atoms with van der Waals surface area (Å²) in [6.07, 6.45) is 11.7. The maximum atomic E-state index is 12.1. The average molecular weight is 375 g/mol. The third kappa shape index (κ3) is 3.68. The lowest BCUT2D eigenvalue weighted by molar-refractivity contribution is -0.115. The molecule has 0 aliphatic heterocycles. The van der Waals surface area contributed by atoms with Crippen molar-refractivity contribution in [2.45, 2.75) is 51.5 Å². The zero-order chi connectivity index (χ0) is 17.4. The third-order valence-electron chi connectivity index (χ3n) is 6.53. The molecule has 1 aromatic heterocycles. The van der Waals surface area contributed by atoms with Crippen LogP contribution in [-0.2, 0) is 4.79 Å². The summed E-state index contributed by atoms with van der Waals surface area (Å²) in [6.45, 7) is 2.26. The maximum Gasteiger partial charge on any atom is 0.250 e. The van der Waals surface area contributed by atoms with Crippen molar-refractivity contribution in [3.63, 3.8) is 0 Å². The Bertz CT molecular complexity index is 645. The lowest BCUT2D eigenvalue weighted by Gasteiger charge is -2.59. The van der Waals surface area contributed by atoms with Crippen LogP contribution in [0.15, 0.2) is 23.6 Å². The quantitative estimate of drug-likeness (QED) is 0.608. The van der Waals surface area contributed by atoms with Gasteiger partial charge in [-0.25, -0.2) is 0 Å². The smallest absolute Gasteiger partial charge is 0.250 e. The summed E-state index contributed by atoms with van der Waals surface area (Å²) in [5.74, 6) is 2.61. The Morgan fingerprint density at radius 2 is 1.92 bits per heavy atom. The fourth-order valence-electron chi connectivity index (χ4n) is 5.79. The van der Waals surface area contributed by atoms with Crippen LogP contribution in [0.4, 0.5) is 0 Å². The minimum Gasteiger partial charge on any atom is -0.359 e. The molecule has 5 heteroatoms. The molecular weight excluding hydrogens is 348 g/mol. The summed E-state index contributed by atoms with van der Waals surface area (Å²) in [5, 5.41) is 8.69. The summed E-state index contributed by atoms with van der Waals surface area (Å²) in [4.78, 5) is 13.1. The molecule has 4 fully saturated rings. The molecule has 1 aromatic rings. The van der Waals surface area contributed by atoms with Gasteiger partial charge in [0.15, 0.2) is 5.11 Å². The predicted molar refractivity (Wildman–Crippen MR) is 107 cm³/mol. The molecule has 25 heavy (non-hydrogen) atoms. The van der Waals surface area contributed by atoms with Gasteiger partial charge in [0, 0.05) is 17.0 Å². The summed E-state index contributed by atoms with van der Waals surface area (Å²) in [5.41, 5.74) is 0.385. The van der Waals surface area contributed by atoms with Gasteiger partial charge in [0.25, 0.3) is 0 Å². The molecular formula is C20H26N2OS2. The lowest BCUT2D eigenvalue weighted by Crippen LogP contribution is -2.57. The molecule has 1 atom stereocenters. The van der Waals surface area contributed by atoms with E-state index >= 15 is 0 Å². The van der Waals surface area contributed by atoms with Gasteiger partial charge in [0.2, 0.25) is 5.91 Å². The topological polar surface area (TPSA) is 41.1 Å². The van der Waals surface area contributed by atoms with Crippen LogP contribution in [0.3, 0.4) is 0 Å². The van der Waals surface area contributed by atoms with Crippen molar-refractivity contribution in [1.29, 1.82) is 0 Å². The van der Waals surface area contributed by atoms with E-state index in [0.29, 0.717) is 16.6 Å². The Morgan fingerprint density at radius 3 is 2.48 bits per heavy atom.